The van der Waals surface area contributed by atoms with Crippen molar-refractivity contribution in [1.29, 1.82) is 0 Å². The Hall–Kier alpha value is -2.99. The van der Waals surface area contributed by atoms with Crippen LogP contribution in [0.1, 0.15) is 54.2 Å². The molecule has 2 atom stereocenters. The molecule has 202 valence electrons. The van der Waals surface area contributed by atoms with Crippen molar-refractivity contribution in [3.63, 3.8) is 0 Å². The van der Waals surface area contributed by atoms with Gasteiger partial charge in [0.2, 0.25) is 15.9 Å². The van der Waals surface area contributed by atoms with Crippen molar-refractivity contribution >= 4 is 21.8 Å². The third-order valence-electron chi connectivity index (χ3n) is 6.30. The van der Waals surface area contributed by atoms with Crippen LogP contribution in [0.25, 0.3) is 0 Å². The normalized spacial score (nSPS) is 17.4. The van der Waals surface area contributed by atoms with Crippen LogP contribution < -0.4 is 5.32 Å². The highest BCUT2D eigenvalue weighted by Crippen LogP contribution is 2.33. The highest BCUT2D eigenvalue weighted by Gasteiger charge is 2.37. The molecule has 1 aliphatic rings. The maximum absolute atomic E-state index is 14.7. The predicted molar refractivity (Wildman–Crippen MR) is 128 cm³/mol. The van der Waals surface area contributed by atoms with Crippen LogP contribution in [0.4, 0.5) is 17.6 Å². The molecule has 0 aliphatic carbocycles. The molecule has 2 amide bonds. The number of halogens is 4. The van der Waals surface area contributed by atoms with Crippen molar-refractivity contribution < 1.29 is 35.6 Å². The summed E-state index contributed by atoms with van der Waals surface area (Å²) in [5, 5.41) is 2.70. The molecule has 12 heteroatoms. The van der Waals surface area contributed by atoms with Gasteiger partial charge in [0.15, 0.2) is 0 Å². The van der Waals surface area contributed by atoms with Gasteiger partial charge in [0.1, 0.15) is 11.9 Å². The molecule has 2 aromatic rings. The van der Waals surface area contributed by atoms with Crippen LogP contribution in [0.15, 0.2) is 47.4 Å². The Balaban J connectivity index is 1.84. The second-order valence-corrected chi connectivity index (χ2v) is 11.6. The van der Waals surface area contributed by atoms with E-state index in [1.807, 2.05) is 0 Å². The summed E-state index contributed by atoms with van der Waals surface area (Å²) in [6, 6.07) is 5.86. The van der Waals surface area contributed by atoms with E-state index in [1.54, 1.807) is 13.8 Å². The lowest BCUT2D eigenvalue weighted by molar-refractivity contribution is -0.137. The Morgan fingerprint density at radius 3 is 2.35 bits per heavy atom. The number of hydrogen-bond donors (Lipinski definition) is 1. The molecule has 1 fully saturated rings. The zero-order chi connectivity index (χ0) is 27.7. The van der Waals surface area contributed by atoms with Crippen LogP contribution in [0.3, 0.4) is 0 Å². The Labute approximate surface area is 213 Å². The van der Waals surface area contributed by atoms with Gasteiger partial charge in [0.05, 0.1) is 16.5 Å². The number of likely N-dealkylation sites (tertiary alicyclic amines) is 1. The van der Waals surface area contributed by atoms with Gasteiger partial charge in [-0.1, -0.05) is 26.0 Å². The highest BCUT2D eigenvalue weighted by atomic mass is 32.2. The quantitative estimate of drug-likeness (QED) is 0.530. The van der Waals surface area contributed by atoms with Crippen LogP contribution in [-0.2, 0) is 21.0 Å². The van der Waals surface area contributed by atoms with Gasteiger partial charge in [-0.05, 0) is 49.1 Å². The van der Waals surface area contributed by atoms with E-state index in [-0.39, 0.29) is 28.5 Å². The Morgan fingerprint density at radius 2 is 1.78 bits per heavy atom. The average molecular weight is 544 g/mol. The van der Waals surface area contributed by atoms with Gasteiger partial charge in [-0.15, -0.1) is 0 Å². The fourth-order valence-corrected chi connectivity index (χ4v) is 5.21. The van der Waals surface area contributed by atoms with Crippen LogP contribution in [0, 0.1) is 11.7 Å². The molecule has 0 bridgehead atoms. The van der Waals surface area contributed by atoms with E-state index in [4.69, 9.17) is 0 Å². The van der Waals surface area contributed by atoms with Gasteiger partial charge in [0, 0.05) is 31.8 Å². The Morgan fingerprint density at radius 1 is 1.11 bits per heavy atom. The van der Waals surface area contributed by atoms with Crippen LogP contribution in [-0.4, -0.2) is 56.1 Å². The molecule has 0 radical (unpaired) electrons. The third kappa shape index (κ3) is 6.12. The minimum absolute atomic E-state index is 0.0683. The molecule has 1 unspecified atom stereocenters. The van der Waals surface area contributed by atoms with Gasteiger partial charge in [-0.3, -0.25) is 9.59 Å². The summed E-state index contributed by atoms with van der Waals surface area (Å²) < 4.78 is 79.5. The first kappa shape index (κ1) is 28.6. The molecule has 1 saturated heterocycles. The summed E-state index contributed by atoms with van der Waals surface area (Å²) in [4.78, 5) is 27.7. The first-order chi connectivity index (χ1) is 17.1. The third-order valence-corrected chi connectivity index (χ3v) is 8.11. The lowest BCUT2D eigenvalue weighted by Crippen LogP contribution is -2.47. The maximum atomic E-state index is 14.7. The lowest BCUT2D eigenvalue weighted by Gasteiger charge is -2.29. The standard InChI is InChI=1S/C25H29F4N3O4S/c1-15(2)22(19-11-10-17(14-20(19)26)25(27,28)29)30-23(33)21-9-6-12-32(21)24(34)16-7-5-8-18(13-16)37(35,36)31(3)4/h5,7-8,10-11,13-15,21-22H,6,9,12H2,1-4H3,(H,30,33)/t21-,22?/m1/s1. The van der Waals surface area contributed by atoms with Gasteiger partial charge in [-0.25, -0.2) is 17.1 Å². The van der Waals surface area contributed by atoms with Gasteiger partial charge in [0.25, 0.3) is 5.91 Å². The molecule has 0 saturated carbocycles. The molecule has 0 spiro atoms. The minimum atomic E-state index is -4.70. The molecule has 37 heavy (non-hydrogen) atoms. The lowest BCUT2D eigenvalue weighted by atomic mass is 9.94. The van der Waals surface area contributed by atoms with Crippen molar-refractivity contribution in [2.75, 3.05) is 20.6 Å². The monoisotopic (exact) mass is 543 g/mol. The van der Waals surface area contributed by atoms with Crippen LogP contribution >= 0.6 is 0 Å². The molecule has 1 N–H and O–H groups in total. The smallest absolute Gasteiger partial charge is 0.347 e. The fraction of sp³-hybridized carbons (Fsp3) is 0.440. The fourth-order valence-electron chi connectivity index (χ4n) is 4.26. The molecule has 3 rings (SSSR count). The van der Waals surface area contributed by atoms with Gasteiger partial charge < -0.3 is 10.2 Å². The summed E-state index contributed by atoms with van der Waals surface area (Å²) in [6.45, 7) is 3.63. The number of carbonyl (C=O) groups is 2. The second-order valence-electron chi connectivity index (χ2n) is 9.44. The highest BCUT2D eigenvalue weighted by molar-refractivity contribution is 7.89. The van der Waals surface area contributed by atoms with Crippen molar-refractivity contribution in [2.45, 2.75) is 49.8 Å². The van der Waals surface area contributed by atoms with Crippen LogP contribution in [0.5, 0.6) is 0 Å². The number of hydrogen-bond acceptors (Lipinski definition) is 4. The number of alkyl halides is 3. The molecule has 2 aromatic carbocycles. The zero-order valence-electron chi connectivity index (χ0n) is 20.8. The van der Waals surface area contributed by atoms with E-state index in [0.717, 1.165) is 16.4 Å². The number of sulfonamides is 1. The maximum Gasteiger partial charge on any atom is 0.416 e. The first-order valence-corrected chi connectivity index (χ1v) is 13.1. The Bertz CT molecular complexity index is 1280. The average Bonchev–Trinajstić information content (AvgIpc) is 3.31. The Kier molecular flexibility index (Phi) is 8.33. The number of nitrogens with zero attached hydrogens (tertiary/aromatic N) is 2. The molecule has 7 nitrogen and oxygen atoms in total. The number of rotatable bonds is 7. The molecule has 0 aromatic heterocycles. The summed E-state index contributed by atoms with van der Waals surface area (Å²) in [5.41, 5.74) is -1.13. The van der Waals surface area contributed by atoms with E-state index in [1.165, 1.54) is 43.3 Å². The van der Waals surface area contributed by atoms with Crippen molar-refractivity contribution in [3.05, 3.63) is 65.0 Å². The number of benzene rings is 2. The first-order valence-electron chi connectivity index (χ1n) is 11.6. The van der Waals surface area contributed by atoms with E-state index < -0.39 is 51.5 Å². The molecule has 1 heterocycles. The SMILES string of the molecule is CC(C)C(NC(=O)[C@H]1CCCN1C(=O)c1cccc(S(=O)(=O)N(C)C)c1)c1ccc(C(F)(F)F)cc1F. The predicted octanol–water partition coefficient (Wildman–Crippen LogP) is 4.21. The summed E-state index contributed by atoms with van der Waals surface area (Å²) in [6.07, 6.45) is -3.86. The van der Waals surface area contributed by atoms with E-state index in [9.17, 15) is 35.6 Å². The summed E-state index contributed by atoms with van der Waals surface area (Å²) in [7, 11) is -1.04. The van der Waals surface area contributed by atoms with Crippen molar-refractivity contribution in [2.24, 2.45) is 5.92 Å². The summed E-state index contributed by atoms with van der Waals surface area (Å²) >= 11 is 0. The van der Waals surface area contributed by atoms with E-state index in [0.29, 0.717) is 18.9 Å². The van der Waals surface area contributed by atoms with Gasteiger partial charge >= 0.3 is 6.18 Å². The molecular weight excluding hydrogens is 514 g/mol. The zero-order valence-corrected chi connectivity index (χ0v) is 21.7. The van der Waals surface area contributed by atoms with Crippen molar-refractivity contribution in [1.82, 2.24) is 14.5 Å². The molecular formula is C25H29F4N3O4S. The van der Waals surface area contributed by atoms with Crippen LogP contribution in [0.2, 0.25) is 0 Å². The van der Waals surface area contributed by atoms with E-state index >= 15 is 0 Å². The molecule has 1 aliphatic heterocycles. The van der Waals surface area contributed by atoms with Crippen molar-refractivity contribution in [3.8, 4) is 0 Å². The number of nitrogens with one attached hydrogen (secondary N) is 1. The number of carbonyl (C=O) groups excluding carboxylic acids is 2. The second kappa shape index (κ2) is 10.8. The number of amides is 2. The van der Waals surface area contributed by atoms with E-state index in [2.05, 4.69) is 5.32 Å². The van der Waals surface area contributed by atoms with Gasteiger partial charge in [-0.2, -0.15) is 13.2 Å². The summed E-state index contributed by atoms with van der Waals surface area (Å²) in [5.74, 6) is -2.56. The largest absolute Gasteiger partial charge is 0.416 e. The minimum Gasteiger partial charge on any atom is -0.347 e. The topological polar surface area (TPSA) is 86.8 Å².